The zero-order chi connectivity index (χ0) is 11.7. The van der Waals surface area contributed by atoms with Gasteiger partial charge in [0.25, 0.3) is 0 Å². The molecule has 1 aromatic carbocycles. The summed E-state index contributed by atoms with van der Waals surface area (Å²) in [6.07, 6.45) is 1.31. The Bertz CT molecular complexity index is 545. The summed E-state index contributed by atoms with van der Waals surface area (Å²) in [5, 5.41) is 1.36. The first kappa shape index (κ1) is 11.7. The van der Waals surface area contributed by atoms with Gasteiger partial charge in [0.2, 0.25) is 0 Å². The molecule has 0 N–H and O–H groups in total. The average Bonchev–Trinajstić information content (AvgIpc) is 2.62. The minimum Gasteiger partial charge on any atom is -0.451 e. The van der Waals surface area contributed by atoms with E-state index in [0.717, 1.165) is 16.3 Å². The minimum atomic E-state index is 0.0193. The number of ketones is 1. The Hall–Kier alpha value is -0.800. The molecule has 1 heterocycles. The molecule has 0 unspecified atom stereocenters. The number of furan rings is 1. The lowest BCUT2D eigenvalue weighted by atomic mass is 10.2. The van der Waals surface area contributed by atoms with Crippen LogP contribution in [0.1, 0.15) is 30.3 Å². The number of Topliss-reactive ketones (excluding diaryl/α,β-unsaturated/α-hetero) is 1. The van der Waals surface area contributed by atoms with E-state index in [2.05, 4.69) is 15.9 Å². The highest BCUT2D eigenvalue weighted by Gasteiger charge is 2.13. The molecule has 1 aromatic heterocycles. The first-order valence-electron chi connectivity index (χ1n) is 5.03. The van der Waals surface area contributed by atoms with E-state index in [1.165, 1.54) is 0 Å². The molecule has 0 saturated carbocycles. The lowest BCUT2D eigenvalue weighted by Gasteiger charge is -1.94. The molecule has 0 aliphatic rings. The van der Waals surface area contributed by atoms with E-state index in [4.69, 9.17) is 16.0 Å². The third-order valence-corrected chi connectivity index (χ3v) is 3.03. The monoisotopic (exact) mass is 300 g/mol. The Morgan fingerprint density at radius 3 is 2.88 bits per heavy atom. The molecule has 0 spiro atoms. The van der Waals surface area contributed by atoms with Gasteiger partial charge in [0.15, 0.2) is 17.1 Å². The van der Waals surface area contributed by atoms with Crippen molar-refractivity contribution in [2.45, 2.75) is 19.8 Å². The molecule has 2 aromatic rings. The molecule has 0 amide bonds. The van der Waals surface area contributed by atoms with Gasteiger partial charge in [0, 0.05) is 16.3 Å². The zero-order valence-corrected chi connectivity index (χ0v) is 11.1. The van der Waals surface area contributed by atoms with Crippen LogP contribution in [-0.2, 0) is 0 Å². The van der Waals surface area contributed by atoms with Gasteiger partial charge >= 0.3 is 0 Å². The summed E-state index contributed by atoms with van der Waals surface area (Å²) >= 11 is 9.37. The second kappa shape index (κ2) is 4.60. The van der Waals surface area contributed by atoms with Crippen molar-refractivity contribution in [2.75, 3.05) is 0 Å². The topological polar surface area (TPSA) is 30.2 Å². The standard InChI is InChI=1S/C12H10BrClO2/c1-2-3-10(15)11-5-7-4-8(13)6-9(14)12(7)16-11/h4-6H,2-3H2,1H3. The number of hydrogen-bond acceptors (Lipinski definition) is 2. The molecule has 0 saturated heterocycles. The van der Waals surface area contributed by atoms with Crippen molar-refractivity contribution >= 4 is 44.3 Å². The van der Waals surface area contributed by atoms with Crippen molar-refractivity contribution in [1.29, 1.82) is 0 Å². The fraction of sp³-hybridized carbons (Fsp3) is 0.250. The largest absolute Gasteiger partial charge is 0.451 e. The number of halogens is 2. The van der Waals surface area contributed by atoms with E-state index in [1.807, 2.05) is 13.0 Å². The highest BCUT2D eigenvalue weighted by Crippen LogP contribution is 2.31. The van der Waals surface area contributed by atoms with Crippen molar-refractivity contribution in [2.24, 2.45) is 0 Å². The number of carbonyl (C=O) groups excluding carboxylic acids is 1. The molecular formula is C12H10BrClO2. The predicted octanol–water partition coefficient (Wildman–Crippen LogP) is 4.83. The van der Waals surface area contributed by atoms with Gasteiger partial charge in [0.1, 0.15) is 0 Å². The molecule has 0 aliphatic heterocycles. The summed E-state index contributed by atoms with van der Waals surface area (Å²) in [7, 11) is 0. The van der Waals surface area contributed by atoms with Gasteiger partial charge in [-0.1, -0.05) is 34.5 Å². The Balaban J connectivity index is 2.51. The van der Waals surface area contributed by atoms with Gasteiger partial charge in [-0.2, -0.15) is 0 Å². The molecule has 0 radical (unpaired) electrons. The van der Waals surface area contributed by atoms with Gasteiger partial charge in [-0.05, 0) is 24.6 Å². The molecule has 0 bridgehead atoms. The van der Waals surface area contributed by atoms with Crippen LogP contribution in [0.3, 0.4) is 0 Å². The summed E-state index contributed by atoms with van der Waals surface area (Å²) in [4.78, 5) is 11.7. The van der Waals surface area contributed by atoms with E-state index in [9.17, 15) is 4.79 Å². The van der Waals surface area contributed by atoms with E-state index in [0.29, 0.717) is 22.8 Å². The number of hydrogen-bond donors (Lipinski definition) is 0. The van der Waals surface area contributed by atoms with Crippen LogP contribution in [0.4, 0.5) is 0 Å². The van der Waals surface area contributed by atoms with Crippen LogP contribution < -0.4 is 0 Å². The van der Waals surface area contributed by atoms with Gasteiger partial charge < -0.3 is 4.42 Å². The van der Waals surface area contributed by atoms with Crippen molar-refractivity contribution in [3.05, 3.63) is 33.5 Å². The van der Waals surface area contributed by atoms with Crippen molar-refractivity contribution in [3.63, 3.8) is 0 Å². The highest BCUT2D eigenvalue weighted by atomic mass is 79.9. The van der Waals surface area contributed by atoms with E-state index in [1.54, 1.807) is 12.1 Å². The number of fused-ring (bicyclic) bond motifs is 1. The molecule has 2 rings (SSSR count). The Kier molecular flexibility index (Phi) is 3.36. The second-order valence-corrected chi connectivity index (χ2v) is 4.91. The van der Waals surface area contributed by atoms with E-state index in [-0.39, 0.29) is 5.78 Å². The summed E-state index contributed by atoms with van der Waals surface area (Å²) in [6.45, 7) is 1.96. The van der Waals surface area contributed by atoms with Crippen LogP contribution in [0.5, 0.6) is 0 Å². The molecule has 0 aliphatic carbocycles. The quantitative estimate of drug-likeness (QED) is 0.760. The summed E-state index contributed by atoms with van der Waals surface area (Å²) in [6, 6.07) is 5.37. The normalized spacial score (nSPS) is 10.9. The predicted molar refractivity (Wildman–Crippen MR) is 68.2 cm³/mol. The Labute approximate surface area is 107 Å². The van der Waals surface area contributed by atoms with Gasteiger partial charge in [0.05, 0.1) is 5.02 Å². The molecule has 0 fully saturated rings. The maximum Gasteiger partial charge on any atom is 0.198 e. The lowest BCUT2D eigenvalue weighted by Crippen LogP contribution is -1.94. The smallest absolute Gasteiger partial charge is 0.198 e. The molecule has 2 nitrogen and oxygen atoms in total. The average molecular weight is 302 g/mol. The van der Waals surface area contributed by atoms with Crippen molar-refractivity contribution < 1.29 is 9.21 Å². The van der Waals surface area contributed by atoms with Gasteiger partial charge in [-0.3, -0.25) is 4.79 Å². The zero-order valence-electron chi connectivity index (χ0n) is 8.72. The van der Waals surface area contributed by atoms with Crippen LogP contribution in [-0.4, -0.2) is 5.78 Å². The third kappa shape index (κ3) is 2.15. The summed E-state index contributed by atoms with van der Waals surface area (Å²) in [5.41, 5.74) is 0.573. The van der Waals surface area contributed by atoms with Crippen LogP contribution in [0.15, 0.2) is 27.1 Å². The number of carbonyl (C=O) groups is 1. The van der Waals surface area contributed by atoms with Crippen molar-refractivity contribution in [1.82, 2.24) is 0 Å². The SMILES string of the molecule is CCCC(=O)c1cc2cc(Br)cc(Cl)c2o1. The summed E-state index contributed by atoms with van der Waals surface area (Å²) < 4.78 is 6.34. The third-order valence-electron chi connectivity index (χ3n) is 2.29. The molecule has 16 heavy (non-hydrogen) atoms. The fourth-order valence-corrected chi connectivity index (χ4v) is 2.44. The Morgan fingerprint density at radius 2 is 2.19 bits per heavy atom. The van der Waals surface area contributed by atoms with Crippen LogP contribution in [0, 0.1) is 0 Å². The van der Waals surface area contributed by atoms with Gasteiger partial charge in [-0.25, -0.2) is 0 Å². The fourth-order valence-electron chi connectivity index (χ4n) is 1.56. The molecular weight excluding hydrogens is 291 g/mol. The van der Waals surface area contributed by atoms with Crippen molar-refractivity contribution in [3.8, 4) is 0 Å². The molecule has 4 heteroatoms. The number of rotatable bonds is 3. The van der Waals surface area contributed by atoms with E-state index >= 15 is 0 Å². The lowest BCUT2D eigenvalue weighted by molar-refractivity contribution is 0.0957. The maximum atomic E-state index is 11.7. The maximum absolute atomic E-state index is 11.7. The first-order valence-corrected chi connectivity index (χ1v) is 6.20. The van der Waals surface area contributed by atoms with Crippen LogP contribution >= 0.6 is 27.5 Å². The van der Waals surface area contributed by atoms with E-state index < -0.39 is 0 Å². The molecule has 0 atom stereocenters. The first-order chi connectivity index (χ1) is 7.61. The molecule has 84 valence electrons. The van der Waals surface area contributed by atoms with Gasteiger partial charge in [-0.15, -0.1) is 0 Å². The van der Waals surface area contributed by atoms with Crippen LogP contribution in [0.2, 0.25) is 5.02 Å². The minimum absolute atomic E-state index is 0.0193. The summed E-state index contributed by atoms with van der Waals surface area (Å²) in [5.74, 6) is 0.405. The second-order valence-electron chi connectivity index (χ2n) is 3.59. The number of benzene rings is 1. The highest BCUT2D eigenvalue weighted by molar-refractivity contribution is 9.10. The van der Waals surface area contributed by atoms with Crippen LogP contribution in [0.25, 0.3) is 11.0 Å². The Morgan fingerprint density at radius 1 is 1.44 bits per heavy atom.